The third-order valence-electron chi connectivity index (χ3n) is 3.28. The lowest BCUT2D eigenvalue weighted by molar-refractivity contribution is -0.139. The van der Waals surface area contributed by atoms with Crippen LogP contribution in [-0.4, -0.2) is 28.1 Å². The summed E-state index contributed by atoms with van der Waals surface area (Å²) in [6.45, 7) is 0. The predicted molar refractivity (Wildman–Crippen MR) is 58.9 cm³/mol. The van der Waals surface area contributed by atoms with E-state index in [4.69, 9.17) is 5.11 Å². The van der Waals surface area contributed by atoms with Crippen LogP contribution in [0.3, 0.4) is 0 Å². The Balaban J connectivity index is 2.15. The summed E-state index contributed by atoms with van der Waals surface area (Å²) in [5.74, 6) is -0.771. The Hall–Kier alpha value is -1.68. The van der Waals surface area contributed by atoms with Crippen molar-refractivity contribution in [2.75, 3.05) is 0 Å². The molecule has 1 fully saturated rings. The van der Waals surface area contributed by atoms with Crippen LogP contribution in [0.4, 0.5) is 0 Å². The van der Waals surface area contributed by atoms with E-state index in [1.807, 2.05) is 12.1 Å². The highest BCUT2D eigenvalue weighted by molar-refractivity contribution is 5.79. The summed E-state index contributed by atoms with van der Waals surface area (Å²) >= 11 is 0. The first-order valence-corrected chi connectivity index (χ1v) is 5.39. The number of pyridine rings is 1. The van der Waals surface area contributed by atoms with Crippen LogP contribution in [0.25, 0.3) is 11.6 Å². The second kappa shape index (κ2) is 3.42. The summed E-state index contributed by atoms with van der Waals surface area (Å²) in [6.07, 6.45) is 5.27. The van der Waals surface area contributed by atoms with Gasteiger partial charge in [0.25, 0.3) is 0 Å². The van der Waals surface area contributed by atoms with Crippen molar-refractivity contribution in [1.29, 1.82) is 0 Å². The largest absolute Gasteiger partial charge is 0.480 e. The van der Waals surface area contributed by atoms with Crippen LogP contribution in [0.15, 0.2) is 18.3 Å². The van der Waals surface area contributed by atoms with Crippen LogP contribution in [0, 0.1) is 0 Å². The molecular formula is C12H12N2O2. The molecule has 0 amide bonds. The molecule has 4 nitrogen and oxygen atoms in total. The molecule has 1 aliphatic heterocycles. The number of nitrogens with zero attached hydrogens (tertiary/aromatic N) is 1. The Bertz CT molecular complexity index is 565. The second-order valence-electron chi connectivity index (χ2n) is 4.22. The number of hydrogen-bond donors (Lipinski definition) is 2. The number of carbonyl (C=O) groups is 1. The average Bonchev–Trinajstić information content (AvgIpc) is 2.73. The minimum Gasteiger partial charge on any atom is -0.480 e. The van der Waals surface area contributed by atoms with Gasteiger partial charge in [0.1, 0.15) is 6.04 Å². The highest BCUT2D eigenvalue weighted by Gasteiger charge is 2.33. The zero-order chi connectivity index (χ0) is 11.1. The minimum atomic E-state index is -0.771. The summed E-state index contributed by atoms with van der Waals surface area (Å²) in [4.78, 5) is 15.3. The maximum atomic E-state index is 11.0. The van der Waals surface area contributed by atoms with Crippen LogP contribution < -0.4 is 15.9 Å². The molecule has 1 saturated heterocycles. The molecular weight excluding hydrogens is 204 g/mol. The summed E-state index contributed by atoms with van der Waals surface area (Å²) in [6, 6.07) is 3.65. The average molecular weight is 216 g/mol. The van der Waals surface area contributed by atoms with Gasteiger partial charge in [-0.2, -0.15) is 0 Å². The van der Waals surface area contributed by atoms with Gasteiger partial charge in [-0.15, -0.1) is 0 Å². The van der Waals surface area contributed by atoms with Crippen molar-refractivity contribution in [2.24, 2.45) is 0 Å². The normalized spacial score (nSPS) is 26.9. The number of fused-ring (bicyclic) bond motifs is 2. The number of aliphatic carboxylic acids is 1. The molecule has 16 heavy (non-hydrogen) atoms. The molecule has 2 unspecified atom stereocenters. The lowest BCUT2D eigenvalue weighted by atomic mass is 9.97. The summed E-state index contributed by atoms with van der Waals surface area (Å²) in [7, 11) is 0. The van der Waals surface area contributed by atoms with Gasteiger partial charge < -0.3 is 5.11 Å². The van der Waals surface area contributed by atoms with Crippen molar-refractivity contribution < 1.29 is 9.90 Å². The number of hydrogen-bond acceptors (Lipinski definition) is 3. The van der Waals surface area contributed by atoms with Crippen molar-refractivity contribution in [3.05, 3.63) is 28.9 Å². The molecule has 2 atom stereocenters. The first kappa shape index (κ1) is 9.54. The molecule has 0 bridgehead atoms. The molecule has 2 aliphatic rings. The molecule has 1 aromatic rings. The number of carboxylic acid groups (broad SMARTS) is 1. The zero-order valence-corrected chi connectivity index (χ0v) is 8.68. The van der Waals surface area contributed by atoms with Crippen LogP contribution in [0.5, 0.6) is 0 Å². The highest BCUT2D eigenvalue weighted by atomic mass is 16.4. The van der Waals surface area contributed by atoms with E-state index in [0.29, 0.717) is 6.42 Å². The van der Waals surface area contributed by atoms with Gasteiger partial charge in [0.2, 0.25) is 0 Å². The Labute approximate surface area is 92.3 Å². The van der Waals surface area contributed by atoms with Gasteiger partial charge in [-0.25, -0.2) is 0 Å². The van der Waals surface area contributed by atoms with Crippen molar-refractivity contribution in [1.82, 2.24) is 10.3 Å². The van der Waals surface area contributed by atoms with E-state index in [1.165, 1.54) is 5.57 Å². The molecule has 1 aromatic heterocycles. The van der Waals surface area contributed by atoms with Gasteiger partial charge >= 0.3 is 5.97 Å². The third-order valence-corrected chi connectivity index (χ3v) is 3.28. The van der Waals surface area contributed by atoms with Gasteiger partial charge in [-0.05, 0) is 24.5 Å². The first-order chi connectivity index (χ1) is 7.75. The summed E-state index contributed by atoms with van der Waals surface area (Å²) in [5.41, 5.74) is 1.19. The molecule has 1 aliphatic carbocycles. The van der Waals surface area contributed by atoms with Crippen molar-refractivity contribution in [3.8, 4) is 0 Å². The van der Waals surface area contributed by atoms with Gasteiger partial charge in [-0.3, -0.25) is 15.1 Å². The Morgan fingerprint density at radius 1 is 1.56 bits per heavy atom. The monoisotopic (exact) mass is 216 g/mol. The summed E-state index contributed by atoms with van der Waals surface area (Å²) in [5, 5.41) is 14.2. The van der Waals surface area contributed by atoms with Gasteiger partial charge in [0, 0.05) is 17.5 Å². The lowest BCUT2D eigenvalue weighted by Gasteiger charge is -2.14. The van der Waals surface area contributed by atoms with Gasteiger partial charge in [0.05, 0.1) is 5.35 Å². The second-order valence-corrected chi connectivity index (χ2v) is 4.22. The van der Waals surface area contributed by atoms with E-state index < -0.39 is 12.0 Å². The number of nitrogens with one attached hydrogen (secondary N) is 1. The van der Waals surface area contributed by atoms with E-state index in [9.17, 15) is 4.79 Å². The predicted octanol–water partition coefficient (Wildman–Crippen LogP) is -0.768. The third kappa shape index (κ3) is 1.34. The van der Waals surface area contributed by atoms with E-state index in [0.717, 1.165) is 17.0 Å². The zero-order valence-electron chi connectivity index (χ0n) is 8.68. The smallest absolute Gasteiger partial charge is 0.321 e. The topological polar surface area (TPSA) is 62.2 Å². The minimum absolute atomic E-state index is 0.179. The van der Waals surface area contributed by atoms with Crippen molar-refractivity contribution in [3.63, 3.8) is 0 Å². The Morgan fingerprint density at radius 2 is 2.44 bits per heavy atom. The van der Waals surface area contributed by atoms with Crippen LogP contribution in [0.2, 0.25) is 0 Å². The molecule has 2 heterocycles. The Morgan fingerprint density at radius 3 is 3.25 bits per heavy atom. The maximum Gasteiger partial charge on any atom is 0.321 e. The molecule has 0 saturated carbocycles. The molecule has 4 heteroatoms. The molecule has 0 radical (unpaired) electrons. The van der Waals surface area contributed by atoms with E-state index in [1.54, 1.807) is 6.20 Å². The van der Waals surface area contributed by atoms with Crippen molar-refractivity contribution >= 4 is 17.6 Å². The van der Waals surface area contributed by atoms with E-state index >= 15 is 0 Å². The molecule has 3 rings (SSSR count). The quantitative estimate of drug-likeness (QED) is 0.647. The van der Waals surface area contributed by atoms with Crippen LogP contribution in [-0.2, 0) is 4.79 Å². The standard InChI is InChI=1S/C12H12N2O2/c15-12(16)11-6-8-7-2-1-5-13-9(7)3-4-10(8)14-11/h1-3,5,10-11,14H,4,6H2,(H,15,16). The fourth-order valence-electron chi connectivity index (χ4n) is 2.51. The molecule has 2 N–H and O–H groups in total. The van der Waals surface area contributed by atoms with Crippen LogP contribution >= 0.6 is 0 Å². The van der Waals surface area contributed by atoms with Gasteiger partial charge in [0.15, 0.2) is 0 Å². The fourth-order valence-corrected chi connectivity index (χ4v) is 2.51. The Kier molecular flexibility index (Phi) is 2.04. The highest BCUT2D eigenvalue weighted by Crippen LogP contribution is 2.23. The molecule has 82 valence electrons. The first-order valence-electron chi connectivity index (χ1n) is 5.39. The van der Waals surface area contributed by atoms with Gasteiger partial charge in [-0.1, -0.05) is 12.1 Å². The SMILES string of the molecule is O=C(O)C1CC2=c3cccnc3=CCC2N1. The van der Waals surface area contributed by atoms with E-state index in [-0.39, 0.29) is 6.04 Å². The number of aromatic nitrogens is 1. The fraction of sp³-hybridized carbons (Fsp3) is 0.333. The number of rotatable bonds is 1. The lowest BCUT2D eigenvalue weighted by Crippen LogP contribution is -2.40. The van der Waals surface area contributed by atoms with Crippen LogP contribution in [0.1, 0.15) is 12.8 Å². The maximum absolute atomic E-state index is 11.0. The number of carboxylic acids is 1. The molecule has 0 aromatic carbocycles. The summed E-state index contributed by atoms with van der Waals surface area (Å²) < 4.78 is 0. The molecule has 0 spiro atoms. The van der Waals surface area contributed by atoms with E-state index in [2.05, 4.69) is 16.4 Å². The van der Waals surface area contributed by atoms with Crippen molar-refractivity contribution in [2.45, 2.75) is 24.9 Å².